The maximum absolute atomic E-state index is 9.55. The molecule has 0 aromatic heterocycles. The van der Waals surface area contributed by atoms with Gasteiger partial charge in [-0.2, -0.15) is 0 Å². The number of benzene rings is 2. The molecule has 11 heteroatoms. The van der Waals surface area contributed by atoms with Gasteiger partial charge in [-0.3, -0.25) is 0 Å². The summed E-state index contributed by atoms with van der Waals surface area (Å²) >= 11 is 7.73. The number of amidine groups is 1. The highest BCUT2D eigenvalue weighted by Crippen LogP contribution is 2.30. The first kappa shape index (κ1) is 33.0. The Balaban J connectivity index is 0.000000611. The largest absolute Gasteiger partial charge is 0.493 e. The van der Waals surface area contributed by atoms with Gasteiger partial charge < -0.3 is 29.5 Å². The first-order valence-corrected chi connectivity index (χ1v) is 14.6. The number of thioether (sulfide) groups is 1. The summed E-state index contributed by atoms with van der Waals surface area (Å²) in [4.78, 5) is 28.9. The van der Waals surface area contributed by atoms with Crippen LogP contribution in [0.1, 0.15) is 25.7 Å². The fourth-order valence-corrected chi connectivity index (χ4v) is 4.89. The Hall–Kier alpha value is -3.21. The number of aliphatic imine (C=N–C) groups is 1. The maximum Gasteiger partial charge on any atom is 0.328 e. The van der Waals surface area contributed by atoms with Crippen molar-refractivity contribution in [2.75, 3.05) is 46.7 Å². The number of carboxylic acid groups (broad SMARTS) is 2. The predicted molar refractivity (Wildman–Crippen MR) is 161 cm³/mol. The Bertz CT molecular complexity index is 1110. The van der Waals surface area contributed by atoms with Crippen LogP contribution in [0.5, 0.6) is 11.5 Å². The topological polar surface area (TPSA) is 112 Å². The van der Waals surface area contributed by atoms with Gasteiger partial charge >= 0.3 is 11.9 Å². The van der Waals surface area contributed by atoms with Gasteiger partial charge in [0.1, 0.15) is 0 Å². The van der Waals surface area contributed by atoms with Crippen molar-refractivity contribution in [3.63, 3.8) is 0 Å². The zero-order chi connectivity index (χ0) is 29.3. The second-order valence-corrected chi connectivity index (χ2v) is 10.2. The van der Waals surface area contributed by atoms with Gasteiger partial charge in [0.05, 0.1) is 19.4 Å². The number of ether oxygens (including phenoxy) is 2. The SMILES string of the molecule is COc1cc(Cl)ccc1OCCCCN1CCC(N(C)C(=Nc2ccccc2)SC)CC1.O=C(O)/C=C/C(=O)O. The highest BCUT2D eigenvalue weighted by molar-refractivity contribution is 8.13. The molecule has 40 heavy (non-hydrogen) atoms. The summed E-state index contributed by atoms with van der Waals surface area (Å²) in [5.41, 5.74) is 1.01. The van der Waals surface area contributed by atoms with Crippen LogP contribution in [-0.4, -0.2) is 89.8 Å². The van der Waals surface area contributed by atoms with Crippen LogP contribution in [0.3, 0.4) is 0 Å². The van der Waals surface area contributed by atoms with E-state index in [2.05, 4.69) is 35.2 Å². The van der Waals surface area contributed by atoms with E-state index in [1.165, 1.54) is 12.8 Å². The van der Waals surface area contributed by atoms with E-state index in [1.54, 1.807) is 24.9 Å². The van der Waals surface area contributed by atoms with Crippen LogP contribution in [-0.2, 0) is 9.59 Å². The van der Waals surface area contributed by atoms with E-state index in [9.17, 15) is 9.59 Å². The Morgan fingerprint density at radius 3 is 2.30 bits per heavy atom. The van der Waals surface area contributed by atoms with Crippen molar-refractivity contribution in [2.24, 2.45) is 4.99 Å². The summed E-state index contributed by atoms with van der Waals surface area (Å²) in [6.07, 6.45) is 7.71. The van der Waals surface area contributed by atoms with Gasteiger partial charge in [0.15, 0.2) is 16.7 Å². The Morgan fingerprint density at radius 1 is 1.07 bits per heavy atom. The summed E-state index contributed by atoms with van der Waals surface area (Å²) in [6.45, 7) is 4.07. The molecule has 0 bridgehead atoms. The van der Waals surface area contributed by atoms with E-state index in [0.29, 0.717) is 35.6 Å². The zero-order valence-electron chi connectivity index (χ0n) is 23.2. The number of piperidine rings is 1. The summed E-state index contributed by atoms with van der Waals surface area (Å²) in [6, 6.07) is 16.2. The lowest BCUT2D eigenvalue weighted by Gasteiger charge is -2.37. The molecule has 1 fully saturated rings. The molecular weight excluding hydrogens is 554 g/mol. The molecule has 0 unspecified atom stereocenters. The third-order valence-electron chi connectivity index (χ3n) is 6.19. The number of carboxylic acids is 2. The molecule has 1 saturated heterocycles. The number of para-hydroxylation sites is 1. The second-order valence-electron chi connectivity index (χ2n) is 8.98. The van der Waals surface area contributed by atoms with Crippen LogP contribution in [0.25, 0.3) is 0 Å². The fraction of sp³-hybridized carbons (Fsp3) is 0.414. The summed E-state index contributed by atoms with van der Waals surface area (Å²) in [7, 11) is 3.82. The van der Waals surface area contributed by atoms with Crippen molar-refractivity contribution in [1.82, 2.24) is 9.80 Å². The Morgan fingerprint density at radius 2 is 1.73 bits per heavy atom. The van der Waals surface area contributed by atoms with Crippen molar-refractivity contribution in [2.45, 2.75) is 31.7 Å². The van der Waals surface area contributed by atoms with Crippen molar-refractivity contribution < 1.29 is 29.3 Å². The highest BCUT2D eigenvalue weighted by Gasteiger charge is 2.24. The van der Waals surface area contributed by atoms with E-state index in [-0.39, 0.29) is 0 Å². The van der Waals surface area contributed by atoms with E-state index in [0.717, 1.165) is 49.1 Å². The van der Waals surface area contributed by atoms with Gasteiger partial charge in [-0.25, -0.2) is 14.6 Å². The predicted octanol–water partition coefficient (Wildman–Crippen LogP) is 5.67. The third-order valence-corrected chi connectivity index (χ3v) is 7.17. The van der Waals surface area contributed by atoms with Crippen LogP contribution in [0.4, 0.5) is 5.69 Å². The van der Waals surface area contributed by atoms with Crippen LogP contribution >= 0.6 is 23.4 Å². The van der Waals surface area contributed by atoms with Gasteiger partial charge in [-0.1, -0.05) is 41.6 Å². The monoisotopic (exact) mass is 591 g/mol. The average Bonchev–Trinajstić information content (AvgIpc) is 2.96. The lowest BCUT2D eigenvalue weighted by molar-refractivity contribution is -0.134. The lowest BCUT2D eigenvalue weighted by atomic mass is 10.0. The molecule has 1 aliphatic heterocycles. The summed E-state index contributed by atoms with van der Waals surface area (Å²) in [5, 5.41) is 17.4. The number of aliphatic carboxylic acids is 2. The molecule has 1 heterocycles. The number of rotatable bonds is 11. The third kappa shape index (κ3) is 12.3. The molecule has 0 spiro atoms. The molecule has 0 amide bonds. The van der Waals surface area contributed by atoms with Crippen molar-refractivity contribution >= 4 is 46.2 Å². The molecule has 218 valence electrons. The maximum atomic E-state index is 9.55. The first-order chi connectivity index (χ1) is 19.2. The molecule has 0 saturated carbocycles. The summed E-state index contributed by atoms with van der Waals surface area (Å²) < 4.78 is 11.2. The highest BCUT2D eigenvalue weighted by atomic mass is 35.5. The van der Waals surface area contributed by atoms with Crippen LogP contribution in [0, 0.1) is 0 Å². The number of unbranched alkanes of at least 4 members (excludes halogenated alkanes) is 1. The first-order valence-electron chi connectivity index (χ1n) is 13.0. The van der Waals surface area contributed by atoms with E-state index in [1.807, 2.05) is 30.3 Å². The van der Waals surface area contributed by atoms with Crippen LogP contribution in [0.2, 0.25) is 5.02 Å². The molecule has 2 N–H and O–H groups in total. The molecule has 2 aromatic carbocycles. The molecule has 9 nitrogen and oxygen atoms in total. The van der Waals surface area contributed by atoms with Gasteiger partial charge in [0, 0.05) is 49.4 Å². The minimum absolute atomic E-state index is 0.543. The molecule has 2 aromatic rings. The second kappa shape index (κ2) is 18.2. The molecule has 3 rings (SSSR count). The van der Waals surface area contributed by atoms with E-state index < -0.39 is 11.9 Å². The van der Waals surface area contributed by atoms with Crippen LogP contribution in [0.15, 0.2) is 65.7 Å². The van der Waals surface area contributed by atoms with E-state index in [4.69, 9.17) is 36.3 Å². The minimum Gasteiger partial charge on any atom is -0.493 e. The molecule has 1 aliphatic rings. The average molecular weight is 592 g/mol. The van der Waals surface area contributed by atoms with Crippen molar-refractivity contribution in [3.05, 3.63) is 65.7 Å². The number of nitrogens with zero attached hydrogens (tertiary/aromatic N) is 3. The Labute approximate surface area is 245 Å². The van der Waals surface area contributed by atoms with Crippen molar-refractivity contribution in [1.29, 1.82) is 0 Å². The quantitative estimate of drug-likeness (QED) is 0.148. The Kier molecular flexibility index (Phi) is 15.0. The standard InChI is InChI=1S/C25H34ClN3O2S.C4H4O4/c1-28(25(32-3)27-21-9-5-4-6-10-21)22-13-16-29(17-14-22)15-7-8-18-31-23-12-11-20(26)19-24(23)30-2;5-3(6)1-2-4(7)8/h4-6,9-12,19,22H,7-8,13-18H2,1-3H3;1-2H,(H,5,6)(H,7,8)/b;2-1+. The zero-order valence-corrected chi connectivity index (χ0v) is 24.7. The van der Waals surface area contributed by atoms with Crippen molar-refractivity contribution in [3.8, 4) is 11.5 Å². The number of hydrogen-bond donors (Lipinski definition) is 2. The molecule has 0 aliphatic carbocycles. The minimum atomic E-state index is -1.26. The summed E-state index contributed by atoms with van der Waals surface area (Å²) in [5.74, 6) is -1.08. The van der Waals surface area contributed by atoms with Gasteiger partial charge in [-0.15, -0.1) is 0 Å². The van der Waals surface area contributed by atoms with Gasteiger partial charge in [-0.05, 0) is 62.7 Å². The van der Waals surface area contributed by atoms with Crippen LogP contribution < -0.4 is 9.47 Å². The molecule has 0 atom stereocenters. The van der Waals surface area contributed by atoms with Gasteiger partial charge in [0.25, 0.3) is 0 Å². The normalized spacial score (nSPS) is 14.3. The number of carbonyl (C=O) groups is 2. The molecule has 0 radical (unpaired) electrons. The number of halogens is 1. The fourth-order valence-electron chi connectivity index (χ4n) is 4.09. The smallest absolute Gasteiger partial charge is 0.328 e. The lowest BCUT2D eigenvalue weighted by Crippen LogP contribution is -2.45. The number of methoxy groups -OCH3 is 1. The van der Waals surface area contributed by atoms with E-state index >= 15 is 0 Å². The number of likely N-dealkylation sites (tertiary alicyclic amines) is 1. The van der Waals surface area contributed by atoms with Gasteiger partial charge in [0.2, 0.25) is 0 Å². The molecular formula is C29H38ClN3O6S. The number of hydrogen-bond acceptors (Lipinski definition) is 7.